The molecule has 1 N–H and O–H groups in total. The van der Waals surface area contributed by atoms with E-state index in [2.05, 4.69) is 103 Å². The summed E-state index contributed by atoms with van der Waals surface area (Å²) >= 11 is 12.8. The molecular formula is C31H30Cl2N4. The van der Waals surface area contributed by atoms with Crippen LogP contribution in [0.3, 0.4) is 0 Å². The summed E-state index contributed by atoms with van der Waals surface area (Å²) in [7, 11) is 4.17. The van der Waals surface area contributed by atoms with Gasteiger partial charge in [0.15, 0.2) is 0 Å². The van der Waals surface area contributed by atoms with E-state index in [1.807, 2.05) is 18.2 Å². The highest BCUT2D eigenvalue weighted by atomic mass is 35.5. The Balaban J connectivity index is 1.50. The average molecular weight is 530 g/mol. The van der Waals surface area contributed by atoms with E-state index >= 15 is 0 Å². The Bertz CT molecular complexity index is 1600. The van der Waals surface area contributed by atoms with Gasteiger partial charge in [-0.25, -0.2) is 4.98 Å². The first kappa shape index (κ1) is 25.3. The standard InChI is InChI=1S/C31H30Cl2N4/c1-21-11-14-28-26(17-21)29(34-15-16-36(2)3)18-24(35-28)13-12-22-19-37(30-10-5-4-8-25(22)30)20-23-7-6-9-27(32)31(23)33/h4-14,17-19H,15-16,20H2,1-3H3,(H,34,35). The highest BCUT2D eigenvalue weighted by Gasteiger charge is 2.11. The van der Waals surface area contributed by atoms with Gasteiger partial charge in [-0.3, -0.25) is 0 Å². The van der Waals surface area contributed by atoms with Crippen LogP contribution in [0.2, 0.25) is 10.0 Å². The van der Waals surface area contributed by atoms with Gasteiger partial charge >= 0.3 is 0 Å². The Hall–Kier alpha value is -3.31. The minimum atomic E-state index is 0.573. The Morgan fingerprint density at radius 3 is 2.62 bits per heavy atom. The molecule has 0 saturated carbocycles. The maximum absolute atomic E-state index is 6.49. The van der Waals surface area contributed by atoms with Gasteiger partial charge in [0.05, 0.1) is 21.3 Å². The third-order valence-corrected chi connectivity index (χ3v) is 7.34. The largest absolute Gasteiger partial charge is 0.383 e. The number of hydrogen-bond acceptors (Lipinski definition) is 3. The van der Waals surface area contributed by atoms with Crippen molar-refractivity contribution in [1.82, 2.24) is 14.5 Å². The molecule has 5 aromatic rings. The third kappa shape index (κ3) is 5.67. The lowest BCUT2D eigenvalue weighted by Gasteiger charge is -2.14. The summed E-state index contributed by atoms with van der Waals surface area (Å²) in [6, 6.07) is 22.7. The number of hydrogen-bond donors (Lipinski definition) is 1. The van der Waals surface area contributed by atoms with Crippen molar-refractivity contribution in [1.29, 1.82) is 0 Å². The molecule has 0 aliphatic carbocycles. The van der Waals surface area contributed by atoms with E-state index in [-0.39, 0.29) is 0 Å². The smallest absolute Gasteiger partial charge is 0.0730 e. The first-order valence-corrected chi connectivity index (χ1v) is 13.1. The van der Waals surface area contributed by atoms with Crippen molar-refractivity contribution in [3.63, 3.8) is 0 Å². The van der Waals surface area contributed by atoms with E-state index in [1.165, 1.54) is 10.9 Å². The summed E-state index contributed by atoms with van der Waals surface area (Å²) in [6.45, 7) is 4.57. The molecule has 0 radical (unpaired) electrons. The zero-order chi connectivity index (χ0) is 25.9. The number of nitrogens with one attached hydrogen (secondary N) is 1. The average Bonchev–Trinajstić information content (AvgIpc) is 3.23. The van der Waals surface area contributed by atoms with Crippen molar-refractivity contribution in [2.45, 2.75) is 13.5 Å². The van der Waals surface area contributed by atoms with Gasteiger partial charge in [0.2, 0.25) is 0 Å². The quantitative estimate of drug-likeness (QED) is 0.221. The molecule has 2 aromatic heterocycles. The molecule has 0 aliphatic heterocycles. The van der Waals surface area contributed by atoms with Crippen LogP contribution in [0.25, 0.3) is 34.0 Å². The molecule has 0 saturated heterocycles. The fraction of sp³-hybridized carbons (Fsp3) is 0.194. The summed E-state index contributed by atoms with van der Waals surface area (Å²) in [5, 5.41) is 7.11. The van der Waals surface area contributed by atoms with Crippen molar-refractivity contribution >= 4 is 62.8 Å². The molecule has 188 valence electrons. The van der Waals surface area contributed by atoms with E-state index in [9.17, 15) is 0 Å². The number of rotatable bonds is 8. The molecule has 4 nitrogen and oxygen atoms in total. The van der Waals surface area contributed by atoms with Gasteiger partial charge in [0.1, 0.15) is 0 Å². The van der Waals surface area contributed by atoms with Gasteiger partial charge < -0.3 is 14.8 Å². The number of fused-ring (bicyclic) bond motifs is 2. The molecular weight excluding hydrogens is 499 g/mol. The van der Waals surface area contributed by atoms with E-state index in [1.54, 1.807) is 0 Å². The summed E-state index contributed by atoms with van der Waals surface area (Å²) in [6.07, 6.45) is 6.40. The second-order valence-corrected chi connectivity index (χ2v) is 10.4. The van der Waals surface area contributed by atoms with Crippen LogP contribution in [0.1, 0.15) is 22.4 Å². The number of likely N-dealkylation sites (N-methyl/N-ethyl adjacent to an activating group) is 1. The molecule has 0 fully saturated rings. The molecule has 37 heavy (non-hydrogen) atoms. The zero-order valence-electron chi connectivity index (χ0n) is 21.3. The van der Waals surface area contributed by atoms with E-state index in [0.717, 1.165) is 52.0 Å². The number of aromatic nitrogens is 2. The monoisotopic (exact) mass is 528 g/mol. The first-order chi connectivity index (χ1) is 17.9. The van der Waals surface area contributed by atoms with Crippen molar-refractivity contribution in [3.8, 4) is 0 Å². The van der Waals surface area contributed by atoms with Crippen LogP contribution in [0.4, 0.5) is 5.69 Å². The second-order valence-electron chi connectivity index (χ2n) is 9.62. The SMILES string of the molecule is Cc1ccc2nc(C=Cc3cn(Cc4cccc(Cl)c4Cl)c4ccccc34)cc(NCCN(C)C)c2c1. The van der Waals surface area contributed by atoms with E-state index in [4.69, 9.17) is 28.2 Å². The number of anilines is 1. The number of aryl methyl sites for hydroxylation is 1. The van der Waals surface area contributed by atoms with Crippen molar-refractivity contribution in [2.75, 3.05) is 32.5 Å². The molecule has 3 aromatic carbocycles. The van der Waals surface area contributed by atoms with Gasteiger partial charge in [-0.1, -0.05) is 71.2 Å². The maximum atomic E-state index is 6.49. The fourth-order valence-corrected chi connectivity index (χ4v) is 4.95. The van der Waals surface area contributed by atoms with Crippen LogP contribution in [0.15, 0.2) is 72.9 Å². The lowest BCUT2D eigenvalue weighted by Crippen LogP contribution is -2.20. The zero-order valence-corrected chi connectivity index (χ0v) is 22.8. The van der Waals surface area contributed by atoms with Gasteiger partial charge in [0.25, 0.3) is 0 Å². The van der Waals surface area contributed by atoms with Crippen LogP contribution in [0.5, 0.6) is 0 Å². The van der Waals surface area contributed by atoms with E-state index < -0.39 is 0 Å². The van der Waals surface area contributed by atoms with Gasteiger partial charge in [-0.05, 0) is 63.0 Å². The highest BCUT2D eigenvalue weighted by molar-refractivity contribution is 6.42. The lowest BCUT2D eigenvalue weighted by atomic mass is 10.1. The molecule has 0 bridgehead atoms. The molecule has 2 heterocycles. The number of benzene rings is 3. The summed E-state index contributed by atoms with van der Waals surface area (Å²) in [5.74, 6) is 0. The van der Waals surface area contributed by atoms with Crippen LogP contribution >= 0.6 is 23.2 Å². The van der Waals surface area contributed by atoms with Gasteiger partial charge in [-0.15, -0.1) is 0 Å². The molecule has 0 unspecified atom stereocenters. The molecule has 0 aliphatic rings. The number of halogens is 2. The fourth-order valence-electron chi connectivity index (χ4n) is 4.57. The van der Waals surface area contributed by atoms with Crippen molar-refractivity contribution < 1.29 is 0 Å². The van der Waals surface area contributed by atoms with Crippen molar-refractivity contribution in [3.05, 3.63) is 105 Å². The Kier molecular flexibility index (Phi) is 7.52. The Morgan fingerprint density at radius 2 is 1.78 bits per heavy atom. The normalized spacial score (nSPS) is 11.8. The summed E-state index contributed by atoms with van der Waals surface area (Å²) < 4.78 is 2.22. The minimum absolute atomic E-state index is 0.573. The van der Waals surface area contributed by atoms with Gasteiger partial charge in [-0.2, -0.15) is 0 Å². The Morgan fingerprint density at radius 1 is 0.946 bits per heavy atom. The van der Waals surface area contributed by atoms with Crippen molar-refractivity contribution in [2.24, 2.45) is 0 Å². The number of pyridine rings is 1. The molecule has 0 amide bonds. The predicted octanol–water partition coefficient (Wildman–Crippen LogP) is 8.00. The lowest BCUT2D eigenvalue weighted by molar-refractivity contribution is 0.425. The molecule has 6 heteroatoms. The third-order valence-electron chi connectivity index (χ3n) is 6.48. The predicted molar refractivity (Wildman–Crippen MR) is 160 cm³/mol. The second kappa shape index (κ2) is 11.0. The maximum Gasteiger partial charge on any atom is 0.0730 e. The molecule has 5 rings (SSSR count). The topological polar surface area (TPSA) is 33.1 Å². The Labute approximate surface area is 228 Å². The number of para-hydroxylation sites is 1. The highest BCUT2D eigenvalue weighted by Crippen LogP contribution is 2.30. The van der Waals surface area contributed by atoms with Crippen LogP contribution in [-0.4, -0.2) is 41.6 Å². The van der Waals surface area contributed by atoms with E-state index in [0.29, 0.717) is 16.6 Å². The molecule has 0 atom stereocenters. The van der Waals surface area contributed by atoms with Crippen LogP contribution in [-0.2, 0) is 6.54 Å². The van der Waals surface area contributed by atoms with Gasteiger partial charge in [0, 0.05) is 53.4 Å². The van der Waals surface area contributed by atoms with Crippen LogP contribution < -0.4 is 5.32 Å². The minimum Gasteiger partial charge on any atom is -0.383 e. The van der Waals surface area contributed by atoms with Crippen LogP contribution in [0, 0.1) is 6.92 Å². The summed E-state index contributed by atoms with van der Waals surface area (Å²) in [5.41, 5.74) is 7.49. The molecule has 0 spiro atoms. The first-order valence-electron chi connectivity index (χ1n) is 12.4. The summed E-state index contributed by atoms with van der Waals surface area (Å²) in [4.78, 5) is 7.11. The number of nitrogens with zero attached hydrogens (tertiary/aromatic N) is 3.